The van der Waals surface area contributed by atoms with E-state index >= 15 is 0 Å². The van der Waals surface area contributed by atoms with Gasteiger partial charge in [-0.2, -0.15) is 0 Å². The minimum Gasteiger partial charge on any atom is -0.370 e. The van der Waals surface area contributed by atoms with E-state index in [2.05, 4.69) is 48.5 Å². The number of anilines is 1. The highest BCUT2D eigenvalue weighted by atomic mass is 15.2. The number of rotatable bonds is 5. The number of hydrogen-bond acceptors (Lipinski definition) is 3. The second-order valence-corrected chi connectivity index (χ2v) is 5.37. The molecule has 1 aromatic carbocycles. The molecule has 0 spiro atoms. The number of nitrogens with zero attached hydrogens (tertiary/aromatic N) is 2. The minimum absolute atomic E-state index is 0.779. The van der Waals surface area contributed by atoms with Crippen LogP contribution in [0.15, 0.2) is 30.3 Å². The highest BCUT2D eigenvalue weighted by Gasteiger charge is 2.26. The highest BCUT2D eigenvalue weighted by Crippen LogP contribution is 2.29. The Balaban J connectivity index is 1.96. The van der Waals surface area contributed by atoms with Crippen molar-refractivity contribution >= 4 is 16.7 Å². The van der Waals surface area contributed by atoms with Gasteiger partial charge in [0.15, 0.2) is 0 Å². The number of nitrogens with one attached hydrogen (secondary N) is 1. The first-order valence-electron chi connectivity index (χ1n) is 7.10. The molecule has 100 valence electrons. The van der Waals surface area contributed by atoms with E-state index in [1.54, 1.807) is 0 Å². The van der Waals surface area contributed by atoms with Crippen LogP contribution in [0.4, 0.5) is 5.82 Å². The Bertz CT molecular complexity index is 575. The molecule has 0 aliphatic heterocycles. The first kappa shape index (κ1) is 12.4. The zero-order chi connectivity index (χ0) is 13.2. The van der Waals surface area contributed by atoms with Gasteiger partial charge in [0.2, 0.25) is 0 Å². The summed E-state index contributed by atoms with van der Waals surface area (Å²) in [6, 6.07) is 11.4. The second-order valence-electron chi connectivity index (χ2n) is 5.37. The molecule has 1 aromatic heterocycles. The first-order chi connectivity index (χ1) is 9.28. The smallest absolute Gasteiger partial charge is 0.131 e. The predicted octanol–water partition coefficient (Wildman–Crippen LogP) is 3.26. The fraction of sp³-hybridized carbons (Fsp3) is 0.438. The minimum atomic E-state index is 0.779. The topological polar surface area (TPSA) is 28.2 Å². The van der Waals surface area contributed by atoms with Crippen molar-refractivity contribution in [3.63, 3.8) is 0 Å². The van der Waals surface area contributed by atoms with Crippen molar-refractivity contribution in [3.8, 4) is 0 Å². The van der Waals surface area contributed by atoms with Crippen LogP contribution in [-0.4, -0.2) is 29.5 Å². The van der Waals surface area contributed by atoms with Crippen LogP contribution < -0.4 is 5.32 Å². The summed E-state index contributed by atoms with van der Waals surface area (Å²) >= 11 is 0. The van der Waals surface area contributed by atoms with Crippen molar-refractivity contribution in [2.24, 2.45) is 0 Å². The molecule has 0 bridgehead atoms. The monoisotopic (exact) mass is 255 g/mol. The molecule has 1 N–H and O–H groups in total. The van der Waals surface area contributed by atoms with E-state index in [4.69, 9.17) is 4.98 Å². The largest absolute Gasteiger partial charge is 0.370 e. The van der Waals surface area contributed by atoms with Crippen molar-refractivity contribution in [3.05, 3.63) is 35.9 Å². The summed E-state index contributed by atoms with van der Waals surface area (Å²) in [4.78, 5) is 7.20. The molecule has 0 atom stereocenters. The first-order valence-corrected chi connectivity index (χ1v) is 7.10. The fourth-order valence-electron chi connectivity index (χ4n) is 2.51. The maximum atomic E-state index is 4.76. The molecule has 19 heavy (non-hydrogen) atoms. The fourth-order valence-corrected chi connectivity index (χ4v) is 2.51. The number of benzene rings is 1. The molecule has 1 aliphatic rings. The average molecular weight is 255 g/mol. The molecule has 0 radical (unpaired) electrons. The van der Waals surface area contributed by atoms with Gasteiger partial charge in [0, 0.05) is 30.1 Å². The van der Waals surface area contributed by atoms with Crippen LogP contribution in [0.1, 0.15) is 25.3 Å². The summed E-state index contributed by atoms with van der Waals surface area (Å²) in [5.74, 6) is 1.04. The molecule has 1 saturated carbocycles. The molecule has 3 heteroatoms. The molecule has 0 unspecified atom stereocenters. The van der Waals surface area contributed by atoms with Crippen LogP contribution in [-0.2, 0) is 6.54 Å². The van der Waals surface area contributed by atoms with Gasteiger partial charge < -0.3 is 5.32 Å². The maximum Gasteiger partial charge on any atom is 0.131 e. The van der Waals surface area contributed by atoms with Crippen LogP contribution >= 0.6 is 0 Å². The number of hydrogen-bond donors (Lipinski definition) is 1. The van der Waals surface area contributed by atoms with Gasteiger partial charge in [0.25, 0.3) is 0 Å². The van der Waals surface area contributed by atoms with Crippen molar-refractivity contribution in [2.75, 3.05) is 18.9 Å². The summed E-state index contributed by atoms with van der Waals surface area (Å²) in [6.07, 6.45) is 2.68. The van der Waals surface area contributed by atoms with E-state index in [-0.39, 0.29) is 0 Å². The standard InChI is InChI=1S/C16H21N3/c1-3-17-16-13(11-19(2)14-8-9-14)10-12-6-4-5-7-15(12)18-16/h4-7,10,14H,3,8-9,11H2,1-2H3,(H,17,18). The van der Waals surface area contributed by atoms with Crippen molar-refractivity contribution in [2.45, 2.75) is 32.4 Å². The number of para-hydroxylation sites is 1. The van der Waals surface area contributed by atoms with Gasteiger partial charge in [-0.25, -0.2) is 4.98 Å². The van der Waals surface area contributed by atoms with Crippen LogP contribution in [0.5, 0.6) is 0 Å². The third-order valence-electron chi connectivity index (χ3n) is 3.74. The quantitative estimate of drug-likeness (QED) is 0.889. The lowest BCUT2D eigenvalue weighted by Crippen LogP contribution is -2.21. The van der Waals surface area contributed by atoms with Crippen molar-refractivity contribution in [1.29, 1.82) is 0 Å². The Morgan fingerprint density at radius 3 is 2.84 bits per heavy atom. The molecular weight excluding hydrogens is 234 g/mol. The summed E-state index contributed by atoms with van der Waals surface area (Å²) < 4.78 is 0. The molecule has 1 aliphatic carbocycles. The van der Waals surface area contributed by atoms with Gasteiger partial charge in [0.05, 0.1) is 5.52 Å². The van der Waals surface area contributed by atoms with Gasteiger partial charge in [-0.3, -0.25) is 4.90 Å². The van der Waals surface area contributed by atoms with E-state index in [0.29, 0.717) is 0 Å². The van der Waals surface area contributed by atoms with Crippen LogP contribution in [0.3, 0.4) is 0 Å². The van der Waals surface area contributed by atoms with Crippen molar-refractivity contribution in [1.82, 2.24) is 9.88 Å². The summed E-state index contributed by atoms with van der Waals surface area (Å²) in [6.45, 7) is 4.00. The van der Waals surface area contributed by atoms with Crippen LogP contribution in [0.25, 0.3) is 10.9 Å². The summed E-state index contributed by atoms with van der Waals surface area (Å²) in [5, 5.41) is 4.62. The van der Waals surface area contributed by atoms with E-state index in [1.165, 1.54) is 23.8 Å². The molecule has 2 aromatic rings. The molecule has 1 heterocycles. The SMILES string of the molecule is CCNc1nc2ccccc2cc1CN(C)C1CC1. The second kappa shape index (κ2) is 5.17. The number of fused-ring (bicyclic) bond motifs is 1. The Hall–Kier alpha value is -1.61. The molecule has 1 fully saturated rings. The molecule has 3 nitrogen and oxygen atoms in total. The lowest BCUT2D eigenvalue weighted by molar-refractivity contribution is 0.317. The van der Waals surface area contributed by atoms with Gasteiger partial charge in [0.1, 0.15) is 5.82 Å². The molecule has 0 amide bonds. The summed E-state index contributed by atoms with van der Waals surface area (Å²) in [5.41, 5.74) is 2.37. The van der Waals surface area contributed by atoms with Gasteiger partial charge in [-0.1, -0.05) is 18.2 Å². The third kappa shape index (κ3) is 2.71. The van der Waals surface area contributed by atoms with Gasteiger partial charge in [-0.15, -0.1) is 0 Å². The normalized spacial score (nSPS) is 15.1. The number of aromatic nitrogens is 1. The average Bonchev–Trinajstić information content (AvgIpc) is 3.24. The van der Waals surface area contributed by atoms with Crippen molar-refractivity contribution < 1.29 is 0 Å². The predicted molar refractivity (Wildman–Crippen MR) is 80.4 cm³/mol. The lowest BCUT2D eigenvalue weighted by Gasteiger charge is -2.18. The number of pyridine rings is 1. The van der Waals surface area contributed by atoms with Gasteiger partial charge in [-0.05, 0) is 38.9 Å². The Morgan fingerprint density at radius 1 is 1.32 bits per heavy atom. The van der Waals surface area contributed by atoms with Crippen LogP contribution in [0, 0.1) is 0 Å². The van der Waals surface area contributed by atoms with E-state index in [0.717, 1.165) is 30.5 Å². The molecular formula is C16H21N3. The van der Waals surface area contributed by atoms with Crippen LogP contribution in [0.2, 0.25) is 0 Å². The zero-order valence-corrected chi connectivity index (χ0v) is 11.7. The Morgan fingerprint density at radius 2 is 2.11 bits per heavy atom. The third-order valence-corrected chi connectivity index (χ3v) is 3.74. The molecule has 3 rings (SSSR count). The Labute approximate surface area is 114 Å². The maximum absolute atomic E-state index is 4.76. The molecule has 0 saturated heterocycles. The lowest BCUT2D eigenvalue weighted by atomic mass is 10.1. The van der Waals surface area contributed by atoms with E-state index in [1.807, 2.05) is 6.07 Å². The van der Waals surface area contributed by atoms with E-state index in [9.17, 15) is 0 Å². The zero-order valence-electron chi connectivity index (χ0n) is 11.7. The van der Waals surface area contributed by atoms with Gasteiger partial charge >= 0.3 is 0 Å². The van der Waals surface area contributed by atoms with E-state index < -0.39 is 0 Å². The highest BCUT2D eigenvalue weighted by molar-refractivity contribution is 5.81. The Kier molecular flexibility index (Phi) is 3.38. The summed E-state index contributed by atoms with van der Waals surface area (Å²) in [7, 11) is 2.21.